The lowest BCUT2D eigenvalue weighted by molar-refractivity contribution is 0.0950. The molecule has 6 heteroatoms. The number of methoxy groups -OCH3 is 1. The number of hydrogen-bond donors (Lipinski definition) is 2. The van der Waals surface area contributed by atoms with Gasteiger partial charge in [-0.1, -0.05) is 6.07 Å². The van der Waals surface area contributed by atoms with E-state index in [9.17, 15) is 4.79 Å². The van der Waals surface area contributed by atoms with E-state index in [1.807, 2.05) is 19.1 Å². The molecular formula is C17H20N4O2. The molecule has 1 amide bonds. The minimum absolute atomic E-state index is 0.126. The van der Waals surface area contributed by atoms with Crippen molar-refractivity contribution in [1.29, 1.82) is 0 Å². The Balaban J connectivity index is 1.62. The lowest BCUT2D eigenvalue weighted by atomic mass is 10.1. The van der Waals surface area contributed by atoms with Gasteiger partial charge in [0.2, 0.25) is 0 Å². The molecule has 0 saturated heterocycles. The van der Waals surface area contributed by atoms with Crippen molar-refractivity contribution < 1.29 is 9.53 Å². The van der Waals surface area contributed by atoms with Crippen molar-refractivity contribution in [3.8, 4) is 0 Å². The van der Waals surface area contributed by atoms with E-state index < -0.39 is 0 Å². The molecule has 0 radical (unpaired) electrons. The molecule has 3 aromatic rings. The smallest absolute Gasteiger partial charge is 0.254 e. The zero-order chi connectivity index (χ0) is 16.2. The maximum absolute atomic E-state index is 12.2. The van der Waals surface area contributed by atoms with Gasteiger partial charge in [-0.05, 0) is 36.1 Å². The number of nitrogens with one attached hydrogen (secondary N) is 2. The van der Waals surface area contributed by atoms with Crippen LogP contribution in [0.2, 0.25) is 0 Å². The number of ether oxygens (including phenoxy) is 1. The Morgan fingerprint density at radius 1 is 1.39 bits per heavy atom. The highest BCUT2D eigenvalue weighted by molar-refractivity contribution is 5.93. The molecule has 2 N–H and O–H groups in total. The first kappa shape index (κ1) is 15.3. The molecule has 0 fully saturated rings. The van der Waals surface area contributed by atoms with Crippen LogP contribution in [0.5, 0.6) is 0 Å². The Bertz CT molecular complexity index is 819. The molecule has 120 valence electrons. The van der Waals surface area contributed by atoms with Crippen molar-refractivity contribution in [3.05, 3.63) is 53.5 Å². The second-order valence-corrected chi connectivity index (χ2v) is 5.54. The molecule has 0 spiro atoms. The highest BCUT2D eigenvalue weighted by Gasteiger charge is 2.08. The van der Waals surface area contributed by atoms with Crippen LogP contribution in [0.4, 0.5) is 0 Å². The molecule has 3 rings (SSSR count). The molecule has 0 unspecified atom stereocenters. The number of H-pyrrole nitrogens is 1. The van der Waals surface area contributed by atoms with E-state index in [-0.39, 0.29) is 5.91 Å². The zero-order valence-corrected chi connectivity index (χ0v) is 13.3. The molecule has 0 aliphatic rings. The van der Waals surface area contributed by atoms with Crippen LogP contribution in [0.3, 0.4) is 0 Å². The molecule has 23 heavy (non-hydrogen) atoms. The van der Waals surface area contributed by atoms with Crippen LogP contribution < -0.4 is 5.32 Å². The monoisotopic (exact) mass is 312 g/mol. The van der Waals surface area contributed by atoms with Crippen LogP contribution in [-0.2, 0) is 17.8 Å². The van der Waals surface area contributed by atoms with E-state index in [4.69, 9.17) is 4.74 Å². The summed E-state index contributed by atoms with van der Waals surface area (Å²) in [4.78, 5) is 15.5. The van der Waals surface area contributed by atoms with Crippen LogP contribution in [0.25, 0.3) is 10.9 Å². The predicted molar refractivity (Wildman–Crippen MR) is 88.3 cm³/mol. The van der Waals surface area contributed by atoms with E-state index in [0.717, 1.165) is 22.2 Å². The number of fused-ring (bicyclic) bond motifs is 1. The highest BCUT2D eigenvalue weighted by atomic mass is 16.5. The minimum atomic E-state index is -0.126. The SMILES string of the molecule is COCCn1cc(C(=O)NCc2ccc3[nH]c(C)cc3c2)cn1. The Kier molecular flexibility index (Phi) is 4.43. The summed E-state index contributed by atoms with van der Waals surface area (Å²) in [7, 11) is 1.64. The summed E-state index contributed by atoms with van der Waals surface area (Å²) in [5.74, 6) is -0.126. The van der Waals surface area contributed by atoms with Crippen LogP contribution in [-0.4, -0.2) is 34.4 Å². The normalized spacial score (nSPS) is 11.0. The van der Waals surface area contributed by atoms with Gasteiger partial charge in [-0.2, -0.15) is 5.10 Å². The third kappa shape index (κ3) is 3.60. The van der Waals surface area contributed by atoms with Gasteiger partial charge in [0.1, 0.15) is 0 Å². The number of aryl methyl sites for hydroxylation is 1. The van der Waals surface area contributed by atoms with Gasteiger partial charge in [0, 0.05) is 31.1 Å². The summed E-state index contributed by atoms with van der Waals surface area (Å²) in [6, 6.07) is 8.23. The molecule has 0 saturated carbocycles. The summed E-state index contributed by atoms with van der Waals surface area (Å²) < 4.78 is 6.70. The largest absolute Gasteiger partial charge is 0.383 e. The Hall–Kier alpha value is -2.60. The first-order valence-electron chi connectivity index (χ1n) is 7.53. The molecule has 2 aromatic heterocycles. The average molecular weight is 312 g/mol. The maximum atomic E-state index is 12.2. The van der Waals surface area contributed by atoms with Gasteiger partial charge in [0.25, 0.3) is 5.91 Å². The van der Waals surface area contributed by atoms with Crippen LogP contribution in [0, 0.1) is 6.92 Å². The van der Waals surface area contributed by atoms with Crippen LogP contribution in [0.1, 0.15) is 21.6 Å². The summed E-state index contributed by atoms with van der Waals surface area (Å²) in [5, 5.41) is 8.22. The number of rotatable bonds is 6. The standard InChI is InChI=1S/C17H20N4O2/c1-12-7-14-8-13(3-4-16(14)20-12)9-18-17(22)15-10-19-21(11-15)5-6-23-2/h3-4,7-8,10-11,20H,5-6,9H2,1-2H3,(H,18,22). The maximum Gasteiger partial charge on any atom is 0.254 e. The van der Waals surface area contributed by atoms with E-state index in [1.54, 1.807) is 24.2 Å². The molecule has 6 nitrogen and oxygen atoms in total. The molecular weight excluding hydrogens is 292 g/mol. The van der Waals surface area contributed by atoms with Gasteiger partial charge < -0.3 is 15.0 Å². The van der Waals surface area contributed by atoms with Crippen LogP contribution in [0.15, 0.2) is 36.7 Å². The Morgan fingerprint density at radius 2 is 2.26 bits per heavy atom. The third-order valence-corrected chi connectivity index (χ3v) is 3.69. The fourth-order valence-electron chi connectivity index (χ4n) is 2.51. The van der Waals surface area contributed by atoms with E-state index in [0.29, 0.717) is 25.3 Å². The fourth-order valence-corrected chi connectivity index (χ4v) is 2.51. The predicted octanol–water partition coefficient (Wildman–Crippen LogP) is 2.25. The lowest BCUT2D eigenvalue weighted by Gasteiger charge is -2.04. The van der Waals surface area contributed by atoms with E-state index >= 15 is 0 Å². The third-order valence-electron chi connectivity index (χ3n) is 3.69. The number of carbonyl (C=O) groups is 1. The van der Waals surface area contributed by atoms with Gasteiger partial charge in [-0.25, -0.2) is 0 Å². The number of nitrogens with zero attached hydrogens (tertiary/aromatic N) is 2. The minimum Gasteiger partial charge on any atom is -0.383 e. The van der Waals surface area contributed by atoms with Crippen molar-refractivity contribution in [3.63, 3.8) is 0 Å². The summed E-state index contributed by atoms with van der Waals surface area (Å²) in [5.41, 5.74) is 3.86. The first-order chi connectivity index (χ1) is 11.2. The number of amides is 1. The Morgan fingerprint density at radius 3 is 3.09 bits per heavy atom. The first-order valence-corrected chi connectivity index (χ1v) is 7.53. The van der Waals surface area contributed by atoms with Gasteiger partial charge in [0.05, 0.1) is 24.9 Å². The van der Waals surface area contributed by atoms with E-state index in [2.05, 4.69) is 27.5 Å². The van der Waals surface area contributed by atoms with Crippen LogP contribution >= 0.6 is 0 Å². The van der Waals surface area contributed by atoms with Gasteiger partial charge in [0.15, 0.2) is 0 Å². The summed E-state index contributed by atoms with van der Waals surface area (Å²) >= 11 is 0. The number of aromatic amines is 1. The van der Waals surface area contributed by atoms with Gasteiger partial charge in [-0.15, -0.1) is 0 Å². The molecule has 0 aliphatic heterocycles. The van der Waals surface area contributed by atoms with Gasteiger partial charge >= 0.3 is 0 Å². The summed E-state index contributed by atoms with van der Waals surface area (Å²) in [6.45, 7) is 3.72. The van der Waals surface area contributed by atoms with Crippen molar-refractivity contribution in [1.82, 2.24) is 20.1 Å². The molecule has 0 aliphatic carbocycles. The lowest BCUT2D eigenvalue weighted by Crippen LogP contribution is -2.22. The van der Waals surface area contributed by atoms with Crippen molar-refractivity contribution in [2.45, 2.75) is 20.0 Å². The highest BCUT2D eigenvalue weighted by Crippen LogP contribution is 2.16. The molecule has 0 bridgehead atoms. The average Bonchev–Trinajstić information content (AvgIpc) is 3.15. The second-order valence-electron chi connectivity index (χ2n) is 5.54. The van der Waals surface area contributed by atoms with Crippen molar-refractivity contribution >= 4 is 16.8 Å². The number of aromatic nitrogens is 3. The van der Waals surface area contributed by atoms with Crippen molar-refractivity contribution in [2.75, 3.05) is 13.7 Å². The summed E-state index contributed by atoms with van der Waals surface area (Å²) in [6.07, 6.45) is 3.30. The molecule has 2 heterocycles. The number of benzene rings is 1. The second kappa shape index (κ2) is 6.66. The zero-order valence-electron chi connectivity index (χ0n) is 13.3. The van der Waals surface area contributed by atoms with Gasteiger partial charge in [-0.3, -0.25) is 9.48 Å². The topological polar surface area (TPSA) is 71.9 Å². The number of hydrogen-bond acceptors (Lipinski definition) is 3. The Labute approximate surface area is 134 Å². The van der Waals surface area contributed by atoms with Crippen molar-refractivity contribution in [2.24, 2.45) is 0 Å². The number of carbonyl (C=O) groups excluding carboxylic acids is 1. The quantitative estimate of drug-likeness (QED) is 0.733. The molecule has 1 aromatic carbocycles. The fraction of sp³-hybridized carbons (Fsp3) is 0.294. The van der Waals surface area contributed by atoms with E-state index in [1.165, 1.54) is 0 Å². The molecule has 0 atom stereocenters.